The van der Waals surface area contributed by atoms with Gasteiger partial charge in [0.15, 0.2) is 23.9 Å². The number of hydrogen-bond acceptors (Lipinski definition) is 7. The monoisotopic (exact) mass is 449 g/mol. The zero-order chi connectivity index (χ0) is 23.7. The number of Topliss-reactive ketones (excluding diaryl/α,β-unsaturated/α-hetero) is 1. The minimum Gasteiger partial charge on any atom is -0.490 e. The van der Waals surface area contributed by atoms with E-state index < -0.39 is 24.5 Å². The van der Waals surface area contributed by atoms with Crippen molar-refractivity contribution in [1.82, 2.24) is 5.32 Å². The van der Waals surface area contributed by atoms with Crippen molar-refractivity contribution in [2.75, 3.05) is 20.3 Å². The first kappa shape index (κ1) is 22.1. The SMILES string of the molecule is CCOc1cc([C@H]2C(C(=O)OC)=C(C)NC3=C2C(=O)c2ccccc23)ccc1OCC(=O)O. The van der Waals surface area contributed by atoms with Crippen LogP contribution in [0.2, 0.25) is 0 Å². The Bertz CT molecular complexity index is 1230. The van der Waals surface area contributed by atoms with Crippen LogP contribution in [0.4, 0.5) is 0 Å². The number of carbonyl (C=O) groups is 3. The highest BCUT2D eigenvalue weighted by Crippen LogP contribution is 2.47. The smallest absolute Gasteiger partial charge is 0.341 e. The molecule has 1 aliphatic carbocycles. The summed E-state index contributed by atoms with van der Waals surface area (Å²) in [7, 11) is 1.29. The number of rotatable bonds is 7. The highest BCUT2D eigenvalue weighted by Gasteiger charge is 2.43. The molecule has 2 aliphatic rings. The Morgan fingerprint density at radius 1 is 1.06 bits per heavy atom. The number of carbonyl (C=O) groups excluding carboxylic acids is 2. The molecule has 1 atom stereocenters. The van der Waals surface area contributed by atoms with Crippen molar-refractivity contribution < 1.29 is 33.7 Å². The molecule has 2 aromatic carbocycles. The van der Waals surface area contributed by atoms with E-state index in [0.717, 1.165) is 5.56 Å². The van der Waals surface area contributed by atoms with Crippen molar-refractivity contribution in [3.05, 3.63) is 76.0 Å². The number of esters is 1. The third-order valence-electron chi connectivity index (χ3n) is 5.61. The lowest BCUT2D eigenvalue weighted by molar-refractivity contribution is -0.139. The van der Waals surface area contributed by atoms with Gasteiger partial charge in [-0.2, -0.15) is 0 Å². The Morgan fingerprint density at radius 3 is 2.45 bits per heavy atom. The van der Waals surface area contributed by atoms with Gasteiger partial charge >= 0.3 is 11.9 Å². The third kappa shape index (κ3) is 3.84. The standard InChI is InChI=1S/C25H23NO7/c1-4-32-18-11-14(9-10-17(18)33-12-19(27)28)21-20(25(30)31-3)13(2)26-23-15-7-5-6-8-16(15)24(29)22(21)23/h5-11,21,26H,4,12H2,1-3H3,(H,27,28)/t21-/m0/s1. The molecule has 1 aliphatic heterocycles. The van der Waals surface area contributed by atoms with E-state index in [9.17, 15) is 14.4 Å². The highest BCUT2D eigenvalue weighted by molar-refractivity contribution is 6.23. The van der Waals surface area contributed by atoms with E-state index in [1.807, 2.05) is 12.1 Å². The van der Waals surface area contributed by atoms with Crippen molar-refractivity contribution >= 4 is 23.4 Å². The largest absolute Gasteiger partial charge is 0.490 e. The Hall–Kier alpha value is -4.07. The molecule has 2 aromatic rings. The molecule has 2 N–H and O–H groups in total. The number of carboxylic acids is 1. The lowest BCUT2D eigenvalue weighted by atomic mass is 9.79. The molecule has 0 amide bonds. The van der Waals surface area contributed by atoms with Crippen LogP contribution in [0.3, 0.4) is 0 Å². The number of benzene rings is 2. The normalized spacial score (nSPS) is 16.7. The number of dihydropyridines is 1. The number of nitrogens with one attached hydrogen (secondary N) is 1. The maximum atomic E-state index is 13.4. The molecule has 0 spiro atoms. The molecule has 4 rings (SSSR count). The van der Waals surface area contributed by atoms with Crippen molar-refractivity contribution in [1.29, 1.82) is 0 Å². The average molecular weight is 449 g/mol. The molecule has 8 nitrogen and oxygen atoms in total. The maximum absolute atomic E-state index is 13.4. The van der Waals surface area contributed by atoms with E-state index in [2.05, 4.69) is 5.32 Å². The van der Waals surface area contributed by atoms with Gasteiger partial charge in [-0.1, -0.05) is 30.3 Å². The second-order valence-corrected chi connectivity index (χ2v) is 7.57. The molecule has 0 saturated heterocycles. The number of methoxy groups -OCH3 is 1. The zero-order valence-electron chi connectivity index (χ0n) is 18.4. The molecular weight excluding hydrogens is 426 g/mol. The molecule has 1 heterocycles. The molecule has 0 saturated carbocycles. The Kier molecular flexibility index (Phi) is 5.91. The van der Waals surface area contributed by atoms with Crippen LogP contribution in [0.1, 0.15) is 41.3 Å². The van der Waals surface area contributed by atoms with Gasteiger partial charge in [-0.05, 0) is 31.5 Å². The predicted octanol–water partition coefficient (Wildman–Crippen LogP) is 3.29. The van der Waals surface area contributed by atoms with Crippen LogP contribution in [-0.2, 0) is 14.3 Å². The van der Waals surface area contributed by atoms with E-state index in [1.54, 1.807) is 44.2 Å². The van der Waals surface area contributed by atoms with Crippen LogP contribution < -0.4 is 14.8 Å². The van der Waals surface area contributed by atoms with Crippen LogP contribution >= 0.6 is 0 Å². The fourth-order valence-corrected chi connectivity index (χ4v) is 4.27. The number of ether oxygens (including phenoxy) is 3. The molecule has 0 aromatic heterocycles. The average Bonchev–Trinajstić information content (AvgIpc) is 3.08. The van der Waals surface area contributed by atoms with E-state index in [1.165, 1.54) is 7.11 Å². The summed E-state index contributed by atoms with van der Waals surface area (Å²) in [6, 6.07) is 12.2. The van der Waals surface area contributed by atoms with Crippen molar-refractivity contribution in [3.63, 3.8) is 0 Å². The number of fused-ring (bicyclic) bond motifs is 2. The summed E-state index contributed by atoms with van der Waals surface area (Å²) >= 11 is 0. The fraction of sp³-hybridized carbons (Fsp3) is 0.240. The lowest BCUT2D eigenvalue weighted by Crippen LogP contribution is -2.29. The van der Waals surface area contributed by atoms with Gasteiger partial charge < -0.3 is 24.6 Å². The van der Waals surface area contributed by atoms with E-state index >= 15 is 0 Å². The number of hydrogen-bond donors (Lipinski definition) is 2. The summed E-state index contributed by atoms with van der Waals surface area (Å²) in [6.45, 7) is 3.35. The van der Waals surface area contributed by atoms with Crippen LogP contribution in [0.15, 0.2) is 59.3 Å². The molecule has 8 heteroatoms. The third-order valence-corrected chi connectivity index (χ3v) is 5.61. The topological polar surface area (TPSA) is 111 Å². The molecule has 0 fully saturated rings. The summed E-state index contributed by atoms with van der Waals surface area (Å²) in [5.41, 5.74) is 3.97. The fourth-order valence-electron chi connectivity index (χ4n) is 4.27. The van der Waals surface area contributed by atoms with Crippen molar-refractivity contribution in [2.24, 2.45) is 0 Å². The van der Waals surface area contributed by atoms with Crippen LogP contribution in [-0.4, -0.2) is 43.2 Å². The van der Waals surface area contributed by atoms with Crippen molar-refractivity contribution in [3.8, 4) is 11.5 Å². The zero-order valence-corrected chi connectivity index (χ0v) is 18.4. The lowest BCUT2D eigenvalue weighted by Gasteiger charge is -2.29. The second kappa shape index (κ2) is 8.82. The van der Waals surface area contributed by atoms with Gasteiger partial charge in [-0.15, -0.1) is 0 Å². The molecule has 0 radical (unpaired) electrons. The van der Waals surface area contributed by atoms with Crippen LogP contribution in [0, 0.1) is 0 Å². The van der Waals surface area contributed by atoms with Crippen LogP contribution in [0.5, 0.6) is 11.5 Å². The Morgan fingerprint density at radius 2 is 1.79 bits per heavy atom. The highest BCUT2D eigenvalue weighted by atomic mass is 16.5. The van der Waals surface area contributed by atoms with Gasteiger partial charge in [-0.3, -0.25) is 4.79 Å². The van der Waals surface area contributed by atoms with Gasteiger partial charge in [-0.25, -0.2) is 9.59 Å². The summed E-state index contributed by atoms with van der Waals surface area (Å²) < 4.78 is 16.1. The Balaban J connectivity index is 1.87. The van der Waals surface area contributed by atoms with E-state index in [-0.39, 0.29) is 11.5 Å². The summed E-state index contributed by atoms with van der Waals surface area (Å²) in [5.74, 6) is -1.97. The molecule has 0 unspecified atom stereocenters. The minimum absolute atomic E-state index is 0.170. The van der Waals surface area contributed by atoms with Gasteiger partial charge in [0, 0.05) is 28.3 Å². The van der Waals surface area contributed by atoms with Gasteiger partial charge in [0.05, 0.1) is 25.0 Å². The minimum atomic E-state index is -1.12. The number of aliphatic carboxylic acids is 1. The predicted molar refractivity (Wildman–Crippen MR) is 119 cm³/mol. The number of allylic oxidation sites excluding steroid dienone is 2. The van der Waals surface area contributed by atoms with E-state index in [4.69, 9.17) is 19.3 Å². The Labute approximate surface area is 190 Å². The maximum Gasteiger partial charge on any atom is 0.341 e. The molecule has 0 bridgehead atoms. The second-order valence-electron chi connectivity index (χ2n) is 7.57. The van der Waals surface area contributed by atoms with Gasteiger partial charge in [0.1, 0.15) is 0 Å². The number of ketones is 1. The molecule has 33 heavy (non-hydrogen) atoms. The first-order valence-corrected chi connectivity index (χ1v) is 10.4. The van der Waals surface area contributed by atoms with Crippen LogP contribution in [0.25, 0.3) is 5.70 Å². The van der Waals surface area contributed by atoms with Gasteiger partial charge in [0.2, 0.25) is 0 Å². The first-order chi connectivity index (χ1) is 15.9. The first-order valence-electron chi connectivity index (χ1n) is 10.4. The summed E-state index contributed by atoms with van der Waals surface area (Å²) in [4.78, 5) is 37.2. The summed E-state index contributed by atoms with van der Waals surface area (Å²) in [6.07, 6.45) is 0. The molecule has 170 valence electrons. The van der Waals surface area contributed by atoms with E-state index in [0.29, 0.717) is 46.0 Å². The summed E-state index contributed by atoms with van der Waals surface area (Å²) in [5, 5.41) is 12.2. The van der Waals surface area contributed by atoms with Crippen molar-refractivity contribution in [2.45, 2.75) is 19.8 Å². The van der Waals surface area contributed by atoms with Gasteiger partial charge in [0.25, 0.3) is 0 Å². The number of carboxylic acid groups (broad SMARTS) is 1. The quantitative estimate of drug-likeness (QED) is 0.620. The molecular formula is C25H23NO7.